The SMILES string of the molecule is Cc1cc(NC(=O)c2cnn(-c3ccc(C(F)(F)F)cn3)c2C)ccc1C(N)=O. The zero-order valence-electron chi connectivity index (χ0n) is 15.4. The first-order valence-corrected chi connectivity index (χ1v) is 8.38. The van der Waals surface area contributed by atoms with Gasteiger partial charge in [-0.05, 0) is 49.7 Å². The normalized spacial score (nSPS) is 11.3. The molecule has 1 aromatic carbocycles. The van der Waals surface area contributed by atoms with E-state index in [1.807, 2.05) is 0 Å². The molecule has 0 bridgehead atoms. The molecular formula is C19H16F3N5O2. The molecule has 0 radical (unpaired) electrons. The molecule has 0 aliphatic carbocycles. The molecule has 3 rings (SSSR count). The Balaban J connectivity index is 1.82. The molecular weight excluding hydrogens is 387 g/mol. The van der Waals surface area contributed by atoms with Crippen molar-refractivity contribution in [2.24, 2.45) is 5.73 Å². The number of hydrogen-bond acceptors (Lipinski definition) is 4. The van der Waals surface area contributed by atoms with E-state index in [1.165, 1.54) is 23.0 Å². The number of amides is 2. The van der Waals surface area contributed by atoms with E-state index in [9.17, 15) is 22.8 Å². The molecule has 0 atom stereocenters. The van der Waals surface area contributed by atoms with Crippen molar-refractivity contribution < 1.29 is 22.8 Å². The van der Waals surface area contributed by atoms with Crippen molar-refractivity contribution in [3.63, 3.8) is 0 Å². The summed E-state index contributed by atoms with van der Waals surface area (Å²) in [6, 6.07) is 6.73. The van der Waals surface area contributed by atoms with E-state index >= 15 is 0 Å². The van der Waals surface area contributed by atoms with Gasteiger partial charge in [0, 0.05) is 17.4 Å². The molecule has 2 amide bonds. The van der Waals surface area contributed by atoms with Gasteiger partial charge < -0.3 is 11.1 Å². The Morgan fingerprint density at radius 3 is 2.34 bits per heavy atom. The summed E-state index contributed by atoms with van der Waals surface area (Å²) in [7, 11) is 0. The standard InChI is InChI=1S/C19H16F3N5O2/c1-10-7-13(4-5-14(10)17(23)28)26-18(29)15-9-25-27(11(15)2)16-6-3-12(8-24-16)19(20,21)22/h3-9H,1-2H3,(H2,23,28)(H,26,29). The molecule has 0 unspecified atom stereocenters. The predicted octanol–water partition coefficient (Wildman–Crippen LogP) is 3.25. The fraction of sp³-hybridized carbons (Fsp3) is 0.158. The lowest BCUT2D eigenvalue weighted by molar-refractivity contribution is -0.137. The highest BCUT2D eigenvalue weighted by atomic mass is 19.4. The van der Waals surface area contributed by atoms with Gasteiger partial charge in [-0.1, -0.05) is 0 Å². The third-order valence-corrected chi connectivity index (χ3v) is 4.30. The molecule has 3 aromatic rings. The van der Waals surface area contributed by atoms with Gasteiger partial charge in [0.1, 0.15) is 0 Å². The van der Waals surface area contributed by atoms with E-state index < -0.39 is 23.6 Å². The zero-order chi connectivity index (χ0) is 21.3. The first-order valence-electron chi connectivity index (χ1n) is 8.38. The van der Waals surface area contributed by atoms with E-state index in [-0.39, 0.29) is 11.4 Å². The Morgan fingerprint density at radius 2 is 1.79 bits per heavy atom. The summed E-state index contributed by atoms with van der Waals surface area (Å²) >= 11 is 0. The van der Waals surface area contributed by atoms with E-state index in [0.29, 0.717) is 28.7 Å². The number of rotatable bonds is 4. The summed E-state index contributed by atoms with van der Waals surface area (Å²) < 4.78 is 39.3. The van der Waals surface area contributed by atoms with Crippen molar-refractivity contribution >= 4 is 17.5 Å². The number of alkyl halides is 3. The van der Waals surface area contributed by atoms with Gasteiger partial charge in [-0.3, -0.25) is 9.59 Å². The molecule has 29 heavy (non-hydrogen) atoms. The minimum absolute atomic E-state index is 0.149. The summed E-state index contributed by atoms with van der Waals surface area (Å²) in [6.45, 7) is 3.29. The molecule has 0 fully saturated rings. The monoisotopic (exact) mass is 403 g/mol. The summed E-state index contributed by atoms with van der Waals surface area (Å²) in [6.07, 6.45) is -2.48. The van der Waals surface area contributed by atoms with E-state index in [0.717, 1.165) is 6.07 Å². The molecule has 0 saturated heterocycles. The van der Waals surface area contributed by atoms with Crippen LogP contribution in [-0.2, 0) is 6.18 Å². The van der Waals surface area contributed by atoms with Crippen LogP contribution in [0.15, 0.2) is 42.7 Å². The van der Waals surface area contributed by atoms with Crippen molar-refractivity contribution in [2.75, 3.05) is 5.32 Å². The maximum absolute atomic E-state index is 12.7. The first kappa shape index (κ1) is 20.1. The molecule has 150 valence electrons. The minimum Gasteiger partial charge on any atom is -0.366 e. The lowest BCUT2D eigenvalue weighted by Gasteiger charge is -2.09. The van der Waals surface area contributed by atoms with Crippen LogP contribution in [0.1, 0.15) is 37.5 Å². The predicted molar refractivity (Wildman–Crippen MR) is 98.7 cm³/mol. The van der Waals surface area contributed by atoms with Gasteiger partial charge in [0.15, 0.2) is 5.82 Å². The van der Waals surface area contributed by atoms with Crippen molar-refractivity contribution in [3.05, 3.63) is 70.7 Å². The number of nitrogens with zero attached hydrogens (tertiary/aromatic N) is 3. The highest BCUT2D eigenvalue weighted by molar-refractivity contribution is 6.05. The van der Waals surface area contributed by atoms with Gasteiger partial charge in [-0.15, -0.1) is 0 Å². The number of nitrogens with two attached hydrogens (primary N) is 1. The summed E-state index contributed by atoms with van der Waals surface area (Å²) in [5.74, 6) is -0.885. The van der Waals surface area contributed by atoms with Crippen molar-refractivity contribution in [1.29, 1.82) is 0 Å². The van der Waals surface area contributed by atoms with Crippen LogP contribution < -0.4 is 11.1 Å². The number of benzene rings is 1. The van der Waals surface area contributed by atoms with Crippen molar-refractivity contribution in [3.8, 4) is 5.82 Å². The van der Waals surface area contributed by atoms with Crippen LogP contribution in [0.5, 0.6) is 0 Å². The Hall–Kier alpha value is -3.69. The number of hydrogen-bond donors (Lipinski definition) is 2. The maximum atomic E-state index is 12.7. The zero-order valence-corrected chi connectivity index (χ0v) is 15.4. The van der Waals surface area contributed by atoms with E-state index in [1.54, 1.807) is 26.0 Å². The number of carbonyl (C=O) groups is 2. The topological polar surface area (TPSA) is 103 Å². The average molecular weight is 403 g/mol. The Morgan fingerprint density at radius 1 is 1.07 bits per heavy atom. The third-order valence-electron chi connectivity index (χ3n) is 4.30. The second kappa shape index (κ2) is 7.38. The number of nitrogens with one attached hydrogen (secondary N) is 1. The number of primary amides is 1. The third kappa shape index (κ3) is 4.10. The Labute approximate surface area is 163 Å². The van der Waals surface area contributed by atoms with Gasteiger partial charge in [-0.2, -0.15) is 18.3 Å². The lowest BCUT2D eigenvalue weighted by atomic mass is 10.1. The smallest absolute Gasteiger partial charge is 0.366 e. The average Bonchev–Trinajstić information content (AvgIpc) is 3.02. The first-order chi connectivity index (χ1) is 13.6. The molecule has 2 heterocycles. The highest BCUT2D eigenvalue weighted by Gasteiger charge is 2.30. The largest absolute Gasteiger partial charge is 0.417 e. The van der Waals surface area contributed by atoms with Gasteiger partial charge in [0.2, 0.25) is 5.91 Å². The molecule has 0 aliphatic rings. The Bertz CT molecular complexity index is 1090. The summed E-state index contributed by atoms with van der Waals surface area (Å²) in [4.78, 5) is 27.6. The number of aryl methyl sites for hydroxylation is 1. The van der Waals surface area contributed by atoms with Crippen LogP contribution in [0.2, 0.25) is 0 Å². The molecule has 10 heteroatoms. The van der Waals surface area contributed by atoms with Gasteiger partial charge in [-0.25, -0.2) is 9.67 Å². The number of pyridine rings is 1. The quantitative estimate of drug-likeness (QED) is 0.698. The van der Waals surface area contributed by atoms with Crippen LogP contribution >= 0.6 is 0 Å². The fourth-order valence-electron chi connectivity index (χ4n) is 2.76. The van der Waals surface area contributed by atoms with Crippen LogP contribution in [0.4, 0.5) is 18.9 Å². The van der Waals surface area contributed by atoms with E-state index in [2.05, 4.69) is 15.4 Å². The molecule has 7 nitrogen and oxygen atoms in total. The van der Waals surface area contributed by atoms with Crippen molar-refractivity contribution in [1.82, 2.24) is 14.8 Å². The molecule has 0 saturated carbocycles. The fourth-order valence-corrected chi connectivity index (χ4v) is 2.76. The van der Waals surface area contributed by atoms with Gasteiger partial charge in [0.05, 0.1) is 23.0 Å². The highest BCUT2D eigenvalue weighted by Crippen LogP contribution is 2.29. The molecule has 2 aromatic heterocycles. The second-order valence-corrected chi connectivity index (χ2v) is 6.31. The number of carbonyl (C=O) groups excluding carboxylic acids is 2. The maximum Gasteiger partial charge on any atom is 0.417 e. The van der Waals surface area contributed by atoms with Crippen LogP contribution in [0.25, 0.3) is 5.82 Å². The van der Waals surface area contributed by atoms with Crippen LogP contribution in [-0.4, -0.2) is 26.6 Å². The number of halogens is 3. The van der Waals surface area contributed by atoms with E-state index in [4.69, 9.17) is 5.73 Å². The molecule has 0 aliphatic heterocycles. The van der Waals surface area contributed by atoms with Gasteiger partial charge in [0.25, 0.3) is 5.91 Å². The number of aromatic nitrogens is 3. The van der Waals surface area contributed by atoms with Crippen molar-refractivity contribution in [2.45, 2.75) is 20.0 Å². The van der Waals surface area contributed by atoms with Gasteiger partial charge >= 0.3 is 6.18 Å². The molecule has 3 N–H and O–H groups in total. The molecule has 0 spiro atoms. The summed E-state index contributed by atoms with van der Waals surface area (Å²) in [5, 5.41) is 6.73. The van der Waals surface area contributed by atoms with Crippen LogP contribution in [0, 0.1) is 13.8 Å². The lowest BCUT2D eigenvalue weighted by Crippen LogP contribution is -2.15. The summed E-state index contributed by atoms with van der Waals surface area (Å²) in [5.41, 5.74) is 6.43. The second-order valence-electron chi connectivity index (χ2n) is 6.31. The Kier molecular flexibility index (Phi) is 5.10. The number of anilines is 1. The minimum atomic E-state index is -4.49. The van der Waals surface area contributed by atoms with Crippen LogP contribution in [0.3, 0.4) is 0 Å².